The molecule has 1 atom stereocenters. The van der Waals surface area contributed by atoms with Gasteiger partial charge in [0.15, 0.2) is 0 Å². The average molecular weight is 272 g/mol. The van der Waals surface area contributed by atoms with E-state index in [9.17, 15) is 8.42 Å². The van der Waals surface area contributed by atoms with Crippen molar-refractivity contribution in [2.75, 3.05) is 19.5 Å². The van der Waals surface area contributed by atoms with E-state index in [1.54, 1.807) is 31.4 Å². The molecule has 1 aromatic rings. The van der Waals surface area contributed by atoms with Crippen LogP contribution in [0.25, 0.3) is 0 Å². The largest absolute Gasteiger partial charge is 0.398 e. The van der Waals surface area contributed by atoms with Crippen LogP contribution in [0.5, 0.6) is 0 Å². The van der Waals surface area contributed by atoms with Crippen molar-refractivity contribution in [3.8, 4) is 0 Å². The van der Waals surface area contributed by atoms with Crippen LogP contribution in [0.4, 0.5) is 5.69 Å². The van der Waals surface area contributed by atoms with Gasteiger partial charge >= 0.3 is 0 Å². The van der Waals surface area contributed by atoms with Gasteiger partial charge in [0.2, 0.25) is 10.0 Å². The zero-order chi connectivity index (χ0) is 13.6. The van der Waals surface area contributed by atoms with Crippen molar-refractivity contribution < 1.29 is 13.2 Å². The number of ether oxygens (including phenoxy) is 1. The number of nitrogens with one attached hydrogen (secondary N) is 1. The monoisotopic (exact) mass is 272 g/mol. The summed E-state index contributed by atoms with van der Waals surface area (Å²) in [6, 6.07) is 6.81. The fourth-order valence-electron chi connectivity index (χ4n) is 1.57. The first-order valence-electron chi connectivity index (χ1n) is 5.77. The topological polar surface area (TPSA) is 81.4 Å². The summed E-state index contributed by atoms with van der Waals surface area (Å²) in [5.41, 5.74) is 6.83. The molecular formula is C12H20N2O3S. The van der Waals surface area contributed by atoms with Crippen molar-refractivity contribution in [2.24, 2.45) is 0 Å². The average Bonchev–Trinajstić information content (AvgIpc) is 2.28. The lowest BCUT2D eigenvalue weighted by Crippen LogP contribution is -2.34. The highest BCUT2D eigenvalue weighted by molar-refractivity contribution is 7.88. The Morgan fingerprint density at radius 3 is 2.67 bits per heavy atom. The highest BCUT2D eigenvalue weighted by Crippen LogP contribution is 2.13. The molecule has 1 aromatic carbocycles. The molecule has 0 spiro atoms. The van der Waals surface area contributed by atoms with Crippen molar-refractivity contribution in [2.45, 2.75) is 25.1 Å². The van der Waals surface area contributed by atoms with Crippen LogP contribution in [0, 0.1) is 0 Å². The number of nitrogen functional groups attached to an aromatic ring is 1. The zero-order valence-corrected chi connectivity index (χ0v) is 11.5. The minimum atomic E-state index is -3.37. The third kappa shape index (κ3) is 5.03. The van der Waals surface area contributed by atoms with Crippen LogP contribution in [0.2, 0.25) is 0 Å². The highest BCUT2D eigenvalue weighted by Gasteiger charge is 2.16. The van der Waals surface area contributed by atoms with Gasteiger partial charge < -0.3 is 10.5 Å². The van der Waals surface area contributed by atoms with Gasteiger partial charge in [-0.2, -0.15) is 0 Å². The molecule has 0 heterocycles. The zero-order valence-electron chi connectivity index (χ0n) is 10.7. The Bertz CT molecular complexity index is 474. The molecule has 18 heavy (non-hydrogen) atoms. The van der Waals surface area contributed by atoms with Gasteiger partial charge in [-0.05, 0) is 25.0 Å². The molecule has 0 fully saturated rings. The van der Waals surface area contributed by atoms with Crippen LogP contribution in [0.3, 0.4) is 0 Å². The van der Waals surface area contributed by atoms with Crippen LogP contribution in [0.1, 0.15) is 18.9 Å². The molecule has 0 radical (unpaired) electrons. The van der Waals surface area contributed by atoms with E-state index in [0.717, 1.165) is 0 Å². The molecule has 102 valence electrons. The second-order valence-corrected chi connectivity index (χ2v) is 6.01. The molecular weight excluding hydrogens is 252 g/mol. The first kappa shape index (κ1) is 14.9. The molecule has 0 saturated heterocycles. The number of anilines is 1. The Morgan fingerprint density at radius 1 is 1.39 bits per heavy atom. The predicted octanol–water partition coefficient (Wildman–Crippen LogP) is 1.11. The van der Waals surface area contributed by atoms with Gasteiger partial charge in [-0.1, -0.05) is 18.2 Å². The molecule has 1 rings (SSSR count). The third-order valence-corrected chi connectivity index (χ3v) is 3.99. The van der Waals surface area contributed by atoms with E-state index in [0.29, 0.717) is 24.3 Å². The summed E-state index contributed by atoms with van der Waals surface area (Å²) in [6.07, 6.45) is 0.639. The maximum atomic E-state index is 11.9. The summed E-state index contributed by atoms with van der Waals surface area (Å²) in [5, 5.41) is 0. The summed E-state index contributed by atoms with van der Waals surface area (Å²) >= 11 is 0. The van der Waals surface area contributed by atoms with Crippen molar-refractivity contribution in [3.05, 3.63) is 29.8 Å². The van der Waals surface area contributed by atoms with E-state index in [4.69, 9.17) is 10.5 Å². The quantitative estimate of drug-likeness (QED) is 0.729. The predicted molar refractivity (Wildman–Crippen MR) is 72.6 cm³/mol. The van der Waals surface area contributed by atoms with Crippen LogP contribution in [-0.4, -0.2) is 28.2 Å². The molecule has 0 bridgehead atoms. The fourth-order valence-corrected chi connectivity index (χ4v) is 3.06. The SMILES string of the molecule is COCCC(C)NS(=O)(=O)Cc1ccccc1N. The summed E-state index contributed by atoms with van der Waals surface area (Å²) in [6.45, 7) is 2.34. The Hall–Kier alpha value is -1.11. The van der Waals surface area contributed by atoms with Gasteiger partial charge in [0.25, 0.3) is 0 Å². The van der Waals surface area contributed by atoms with Gasteiger partial charge in [0.05, 0.1) is 5.75 Å². The summed E-state index contributed by atoms with van der Waals surface area (Å²) in [4.78, 5) is 0. The number of hydrogen-bond acceptors (Lipinski definition) is 4. The smallest absolute Gasteiger partial charge is 0.216 e. The second-order valence-electron chi connectivity index (χ2n) is 4.26. The number of methoxy groups -OCH3 is 1. The van der Waals surface area contributed by atoms with Crippen LogP contribution >= 0.6 is 0 Å². The number of nitrogens with two attached hydrogens (primary N) is 1. The van der Waals surface area contributed by atoms with Crippen molar-refractivity contribution >= 4 is 15.7 Å². The maximum Gasteiger partial charge on any atom is 0.216 e. The highest BCUT2D eigenvalue weighted by atomic mass is 32.2. The normalized spacial score (nSPS) is 13.4. The molecule has 0 aromatic heterocycles. The Kier molecular flexibility index (Phi) is 5.58. The summed E-state index contributed by atoms with van der Waals surface area (Å²) in [7, 11) is -1.78. The molecule has 0 aliphatic heterocycles. The number of benzene rings is 1. The third-order valence-electron chi connectivity index (χ3n) is 2.54. The van der Waals surface area contributed by atoms with Gasteiger partial charge in [-0.3, -0.25) is 0 Å². The first-order chi connectivity index (χ1) is 8.44. The summed E-state index contributed by atoms with van der Waals surface area (Å²) in [5.74, 6) is -0.100. The van der Waals surface area contributed by atoms with Gasteiger partial charge in [-0.15, -0.1) is 0 Å². The number of para-hydroxylation sites is 1. The standard InChI is InChI=1S/C12H20N2O3S/c1-10(7-8-17-2)14-18(15,16)9-11-5-3-4-6-12(11)13/h3-6,10,14H,7-9,13H2,1-2H3. The molecule has 0 saturated carbocycles. The molecule has 6 heteroatoms. The Balaban J connectivity index is 2.63. The molecule has 0 amide bonds. The van der Waals surface area contributed by atoms with Crippen LogP contribution in [-0.2, 0) is 20.5 Å². The summed E-state index contributed by atoms with van der Waals surface area (Å²) < 4.78 is 31.3. The number of sulfonamides is 1. The van der Waals surface area contributed by atoms with Crippen molar-refractivity contribution in [1.82, 2.24) is 4.72 Å². The van der Waals surface area contributed by atoms with E-state index in [1.165, 1.54) is 0 Å². The van der Waals surface area contributed by atoms with Crippen molar-refractivity contribution in [1.29, 1.82) is 0 Å². The van der Waals surface area contributed by atoms with E-state index >= 15 is 0 Å². The fraction of sp³-hybridized carbons (Fsp3) is 0.500. The minimum absolute atomic E-state index is 0.100. The number of hydrogen-bond donors (Lipinski definition) is 2. The van der Waals surface area contributed by atoms with E-state index < -0.39 is 10.0 Å². The van der Waals surface area contributed by atoms with Crippen LogP contribution in [0.15, 0.2) is 24.3 Å². The maximum absolute atomic E-state index is 11.9. The molecule has 1 unspecified atom stereocenters. The number of rotatable bonds is 7. The second kappa shape index (κ2) is 6.72. The van der Waals surface area contributed by atoms with E-state index in [2.05, 4.69) is 4.72 Å². The molecule has 3 N–H and O–H groups in total. The van der Waals surface area contributed by atoms with Gasteiger partial charge in [0, 0.05) is 25.4 Å². The van der Waals surface area contributed by atoms with E-state index in [1.807, 2.05) is 6.92 Å². The molecule has 0 aliphatic carbocycles. The lowest BCUT2D eigenvalue weighted by Gasteiger charge is -2.14. The van der Waals surface area contributed by atoms with Crippen molar-refractivity contribution in [3.63, 3.8) is 0 Å². The molecule has 0 aliphatic rings. The Labute approximate surface area is 108 Å². The molecule has 5 nitrogen and oxygen atoms in total. The minimum Gasteiger partial charge on any atom is -0.398 e. The van der Waals surface area contributed by atoms with Crippen LogP contribution < -0.4 is 10.5 Å². The first-order valence-corrected chi connectivity index (χ1v) is 7.42. The van der Waals surface area contributed by atoms with E-state index in [-0.39, 0.29) is 11.8 Å². The lowest BCUT2D eigenvalue weighted by atomic mass is 10.2. The van der Waals surface area contributed by atoms with Gasteiger partial charge in [-0.25, -0.2) is 13.1 Å². The lowest BCUT2D eigenvalue weighted by molar-refractivity contribution is 0.188. The Morgan fingerprint density at radius 2 is 2.06 bits per heavy atom. The van der Waals surface area contributed by atoms with Gasteiger partial charge in [0.1, 0.15) is 0 Å².